The van der Waals surface area contributed by atoms with Crippen LogP contribution in [0, 0.1) is 0 Å². The highest BCUT2D eigenvalue weighted by Crippen LogP contribution is 2.50. The van der Waals surface area contributed by atoms with Crippen molar-refractivity contribution in [3.63, 3.8) is 0 Å². The summed E-state index contributed by atoms with van der Waals surface area (Å²) in [5.41, 5.74) is 1.61. The van der Waals surface area contributed by atoms with Crippen LogP contribution >= 0.6 is 39.7 Å². The number of halogens is 2. The van der Waals surface area contributed by atoms with E-state index in [4.69, 9.17) is 9.47 Å². The number of rotatable bonds is 6. The molecular formula is C20H17Br2NO3P+. The van der Waals surface area contributed by atoms with E-state index in [0.717, 1.165) is 11.1 Å². The van der Waals surface area contributed by atoms with Gasteiger partial charge in [-0.15, -0.1) is 0 Å². The standard InChI is InChI=1S/C20H17Br2NO3P/c1-25-19-15(21)18(16(22)20(23-19)26-2)27(24)17(13-9-5-3-6-10-13)14-11-7-4-8-12-14/h3-12,17H,1-2H3/q+1. The summed E-state index contributed by atoms with van der Waals surface area (Å²) in [6.45, 7) is 0. The first-order chi connectivity index (χ1) is 13.1. The first-order valence-corrected chi connectivity index (χ1v) is 11.0. The van der Waals surface area contributed by atoms with Crippen molar-refractivity contribution >= 4 is 45.0 Å². The smallest absolute Gasteiger partial charge is 0.392 e. The van der Waals surface area contributed by atoms with E-state index < -0.39 is 7.80 Å². The van der Waals surface area contributed by atoms with Crippen LogP contribution in [0.5, 0.6) is 11.8 Å². The molecule has 0 fully saturated rings. The lowest BCUT2D eigenvalue weighted by Crippen LogP contribution is -2.12. The first-order valence-electron chi connectivity index (χ1n) is 8.11. The number of hydrogen-bond acceptors (Lipinski definition) is 4. The Kier molecular flexibility index (Phi) is 6.64. The van der Waals surface area contributed by atoms with Crippen molar-refractivity contribution in [3.05, 3.63) is 80.7 Å². The van der Waals surface area contributed by atoms with Gasteiger partial charge in [0.1, 0.15) is 8.95 Å². The summed E-state index contributed by atoms with van der Waals surface area (Å²) in [7, 11) is 1.11. The Morgan fingerprint density at radius 3 is 1.59 bits per heavy atom. The van der Waals surface area contributed by atoms with Crippen LogP contribution in [0.3, 0.4) is 0 Å². The Morgan fingerprint density at radius 1 is 0.815 bits per heavy atom. The fraction of sp³-hybridized carbons (Fsp3) is 0.150. The van der Waals surface area contributed by atoms with Crippen LogP contribution in [0.25, 0.3) is 0 Å². The van der Waals surface area contributed by atoms with Gasteiger partial charge in [-0.25, -0.2) is 0 Å². The van der Waals surface area contributed by atoms with Crippen molar-refractivity contribution in [1.82, 2.24) is 4.98 Å². The molecule has 7 heteroatoms. The van der Waals surface area contributed by atoms with Crippen molar-refractivity contribution in [1.29, 1.82) is 0 Å². The third-order valence-corrected chi connectivity index (χ3v) is 8.10. The van der Waals surface area contributed by atoms with Gasteiger partial charge in [-0.1, -0.05) is 65.2 Å². The first kappa shape index (κ1) is 20.0. The minimum absolute atomic E-state index is 0.327. The van der Waals surface area contributed by atoms with Crippen molar-refractivity contribution in [2.75, 3.05) is 14.2 Å². The Morgan fingerprint density at radius 2 is 1.22 bits per heavy atom. The number of aromatic nitrogens is 1. The Balaban J connectivity index is 2.22. The summed E-state index contributed by atoms with van der Waals surface area (Å²) in [4.78, 5) is 4.29. The largest absolute Gasteiger partial charge is 0.480 e. The van der Waals surface area contributed by atoms with Gasteiger partial charge in [-0.2, -0.15) is 4.98 Å². The monoisotopic (exact) mass is 508 g/mol. The van der Waals surface area contributed by atoms with Gasteiger partial charge in [0.2, 0.25) is 22.7 Å². The van der Waals surface area contributed by atoms with E-state index >= 15 is 0 Å². The van der Waals surface area contributed by atoms with Gasteiger partial charge >= 0.3 is 7.80 Å². The molecule has 4 nitrogen and oxygen atoms in total. The molecule has 0 amide bonds. The lowest BCUT2D eigenvalue weighted by Gasteiger charge is -2.12. The van der Waals surface area contributed by atoms with Crippen LogP contribution < -0.4 is 14.8 Å². The molecule has 1 aromatic heterocycles. The normalized spacial score (nSPS) is 11.4. The second-order valence-corrected chi connectivity index (χ2v) is 8.86. The molecule has 0 spiro atoms. The summed E-state index contributed by atoms with van der Waals surface area (Å²) in [5, 5.41) is 0.575. The summed E-state index contributed by atoms with van der Waals surface area (Å²) in [6.07, 6.45) is 0. The molecule has 0 aliphatic heterocycles. The molecule has 0 aliphatic rings. The highest BCUT2D eigenvalue weighted by molar-refractivity contribution is 9.11. The minimum atomic E-state index is -1.92. The average molecular weight is 510 g/mol. The van der Waals surface area contributed by atoms with Crippen LogP contribution in [0.1, 0.15) is 16.8 Å². The molecule has 2 aromatic carbocycles. The number of methoxy groups -OCH3 is 2. The predicted molar refractivity (Wildman–Crippen MR) is 115 cm³/mol. The van der Waals surface area contributed by atoms with E-state index in [2.05, 4.69) is 36.8 Å². The molecule has 0 N–H and O–H groups in total. The van der Waals surface area contributed by atoms with Crippen molar-refractivity contribution in [3.8, 4) is 11.8 Å². The van der Waals surface area contributed by atoms with Crippen LogP contribution in [-0.2, 0) is 4.57 Å². The molecule has 0 bridgehead atoms. The molecule has 1 unspecified atom stereocenters. The summed E-state index contributed by atoms with van der Waals surface area (Å²) in [5.74, 6) is 0.654. The topological polar surface area (TPSA) is 48.4 Å². The molecule has 0 saturated heterocycles. The van der Waals surface area contributed by atoms with Gasteiger partial charge in [0, 0.05) is 11.1 Å². The van der Waals surface area contributed by atoms with E-state index in [9.17, 15) is 4.57 Å². The zero-order valence-corrected chi connectivity index (χ0v) is 18.8. The van der Waals surface area contributed by atoms with Crippen LogP contribution in [0.15, 0.2) is 69.6 Å². The van der Waals surface area contributed by atoms with Gasteiger partial charge in [-0.3, -0.25) is 0 Å². The maximum absolute atomic E-state index is 13.9. The summed E-state index contributed by atoms with van der Waals surface area (Å²) in [6, 6.07) is 19.7. The lowest BCUT2D eigenvalue weighted by molar-refractivity contribution is 0.362. The van der Waals surface area contributed by atoms with Crippen LogP contribution in [-0.4, -0.2) is 19.2 Å². The zero-order chi connectivity index (χ0) is 19.4. The van der Waals surface area contributed by atoms with Gasteiger partial charge in [0.15, 0.2) is 0 Å². The SMILES string of the molecule is COc1nc(OC)c(Br)c([P+](=O)C(c2ccccc2)c2ccccc2)c1Br. The van der Waals surface area contributed by atoms with E-state index in [1.165, 1.54) is 14.2 Å². The van der Waals surface area contributed by atoms with E-state index in [0.29, 0.717) is 26.0 Å². The highest BCUT2D eigenvalue weighted by Gasteiger charge is 2.41. The second kappa shape index (κ2) is 8.96. The lowest BCUT2D eigenvalue weighted by atomic mass is 10.0. The summed E-state index contributed by atoms with van der Waals surface area (Å²) >= 11 is 7.03. The minimum Gasteiger partial charge on any atom is -0.480 e. The molecule has 1 heterocycles. The Hall–Kier alpha value is -1.75. The Bertz CT molecular complexity index is 885. The van der Waals surface area contributed by atoms with Crippen molar-refractivity contribution in [2.45, 2.75) is 5.66 Å². The number of benzene rings is 2. The van der Waals surface area contributed by atoms with E-state index in [-0.39, 0.29) is 5.66 Å². The zero-order valence-electron chi connectivity index (χ0n) is 14.7. The van der Waals surface area contributed by atoms with Crippen LogP contribution in [0.2, 0.25) is 0 Å². The molecule has 3 rings (SSSR count). The number of nitrogens with zero attached hydrogens (tertiary/aromatic N) is 1. The van der Waals surface area contributed by atoms with Crippen molar-refractivity contribution in [2.24, 2.45) is 0 Å². The molecule has 138 valence electrons. The van der Waals surface area contributed by atoms with Crippen LogP contribution in [0.4, 0.5) is 0 Å². The van der Waals surface area contributed by atoms with Gasteiger partial charge in [-0.05, 0) is 31.9 Å². The fourth-order valence-corrected chi connectivity index (χ4v) is 6.75. The molecule has 27 heavy (non-hydrogen) atoms. The molecule has 1 atom stereocenters. The maximum atomic E-state index is 13.9. The fourth-order valence-electron chi connectivity index (χ4n) is 2.82. The van der Waals surface area contributed by atoms with E-state index in [1.807, 2.05) is 60.7 Å². The van der Waals surface area contributed by atoms with E-state index in [1.54, 1.807) is 0 Å². The molecule has 0 aliphatic carbocycles. The third-order valence-electron chi connectivity index (χ3n) is 4.07. The molecule has 3 aromatic rings. The molecule has 0 saturated carbocycles. The average Bonchev–Trinajstić information content (AvgIpc) is 2.70. The number of ether oxygens (including phenoxy) is 2. The number of pyridine rings is 1. The van der Waals surface area contributed by atoms with Gasteiger partial charge in [0.05, 0.1) is 14.2 Å². The van der Waals surface area contributed by atoms with Gasteiger partial charge < -0.3 is 9.47 Å². The van der Waals surface area contributed by atoms with Crippen molar-refractivity contribution < 1.29 is 14.0 Å². The second-order valence-electron chi connectivity index (χ2n) is 5.66. The molecular weight excluding hydrogens is 493 g/mol. The Labute approximate surface area is 176 Å². The summed E-state index contributed by atoms with van der Waals surface area (Å²) < 4.78 is 25.7. The number of hydrogen-bond donors (Lipinski definition) is 0. The van der Waals surface area contributed by atoms with Gasteiger partial charge in [0.25, 0.3) is 0 Å². The highest BCUT2D eigenvalue weighted by atomic mass is 79.9. The third kappa shape index (κ3) is 4.08. The predicted octanol–water partition coefficient (Wildman–Crippen LogP) is 5.87. The maximum Gasteiger partial charge on any atom is 0.392 e. The quantitative estimate of drug-likeness (QED) is 0.390. The molecule has 0 radical (unpaired) electrons.